The van der Waals surface area contributed by atoms with Gasteiger partial charge in [-0.15, -0.1) is 16.4 Å². The van der Waals surface area contributed by atoms with Crippen LogP contribution in [-0.2, 0) is 6.54 Å². The average molecular weight is 294 g/mol. The largest absolute Gasteiger partial charge is 0.476 e. The minimum Gasteiger partial charge on any atom is -0.476 e. The summed E-state index contributed by atoms with van der Waals surface area (Å²) in [5.41, 5.74) is 0.446. The number of carbonyl (C=O) groups excluding carboxylic acids is 1. The van der Waals surface area contributed by atoms with E-state index in [1.807, 2.05) is 12.3 Å². The molecule has 108 valence electrons. The quantitative estimate of drug-likeness (QED) is 0.852. The van der Waals surface area contributed by atoms with E-state index in [4.69, 9.17) is 4.74 Å². The van der Waals surface area contributed by atoms with Gasteiger partial charge in [-0.3, -0.25) is 14.8 Å². The fraction of sp³-hybridized carbons (Fsp3) is 0.462. The molecule has 2 rings (SSSR count). The van der Waals surface area contributed by atoms with Crippen molar-refractivity contribution in [1.29, 1.82) is 0 Å². The van der Waals surface area contributed by atoms with Crippen molar-refractivity contribution in [2.24, 2.45) is 0 Å². The summed E-state index contributed by atoms with van der Waals surface area (Å²) in [5.74, 6) is 0.141. The number of anilines is 1. The number of hydrogen-bond acceptors (Lipinski definition) is 5. The second-order valence-corrected chi connectivity index (χ2v) is 5.15. The van der Waals surface area contributed by atoms with Crippen LogP contribution in [0, 0.1) is 0 Å². The van der Waals surface area contributed by atoms with E-state index >= 15 is 0 Å². The molecule has 0 fully saturated rings. The van der Waals surface area contributed by atoms with E-state index in [0.717, 1.165) is 19.4 Å². The zero-order valence-corrected chi connectivity index (χ0v) is 12.4. The predicted molar refractivity (Wildman–Crippen MR) is 78.4 cm³/mol. The molecule has 0 aliphatic rings. The first-order valence-electron chi connectivity index (χ1n) is 6.65. The highest BCUT2D eigenvalue weighted by Crippen LogP contribution is 2.19. The number of nitrogens with zero attached hydrogens (tertiary/aromatic N) is 3. The van der Waals surface area contributed by atoms with E-state index in [1.165, 1.54) is 11.3 Å². The Morgan fingerprint density at radius 1 is 1.45 bits per heavy atom. The Hall–Kier alpha value is -1.89. The number of aryl methyl sites for hydroxylation is 1. The van der Waals surface area contributed by atoms with Gasteiger partial charge in [0.05, 0.1) is 6.61 Å². The normalized spacial score (nSPS) is 10.5. The van der Waals surface area contributed by atoms with Gasteiger partial charge in [0.1, 0.15) is 5.56 Å². The molecule has 0 unspecified atom stereocenters. The van der Waals surface area contributed by atoms with Crippen LogP contribution >= 0.6 is 11.3 Å². The molecule has 6 nitrogen and oxygen atoms in total. The maximum Gasteiger partial charge on any atom is 0.264 e. The molecule has 0 spiro atoms. The summed E-state index contributed by atoms with van der Waals surface area (Å²) >= 11 is 1.38. The van der Waals surface area contributed by atoms with Crippen molar-refractivity contribution in [3.05, 3.63) is 23.3 Å². The summed E-state index contributed by atoms with van der Waals surface area (Å²) < 4.78 is 7.28. The van der Waals surface area contributed by atoms with E-state index in [0.29, 0.717) is 23.2 Å². The molecule has 20 heavy (non-hydrogen) atoms. The van der Waals surface area contributed by atoms with E-state index in [9.17, 15) is 4.79 Å². The minimum atomic E-state index is -0.242. The van der Waals surface area contributed by atoms with Gasteiger partial charge in [-0.25, -0.2) is 4.98 Å². The fourth-order valence-electron chi connectivity index (χ4n) is 1.66. The molecule has 0 saturated heterocycles. The molecule has 7 heteroatoms. The van der Waals surface area contributed by atoms with E-state index in [2.05, 4.69) is 22.3 Å². The fourth-order valence-corrected chi connectivity index (χ4v) is 2.18. The molecule has 0 atom stereocenters. The number of amides is 1. The zero-order chi connectivity index (χ0) is 14.4. The summed E-state index contributed by atoms with van der Waals surface area (Å²) in [6, 6.07) is 0. The molecule has 1 N–H and O–H groups in total. The van der Waals surface area contributed by atoms with Gasteiger partial charge in [-0.2, -0.15) is 0 Å². The Labute approximate surface area is 121 Å². The second kappa shape index (κ2) is 7.04. The molecule has 0 aliphatic carbocycles. The number of nitrogens with one attached hydrogen (secondary N) is 1. The topological polar surface area (TPSA) is 69.0 Å². The van der Waals surface area contributed by atoms with Gasteiger partial charge in [0, 0.05) is 24.3 Å². The number of thiazole rings is 1. The Balaban J connectivity index is 2.16. The lowest BCUT2D eigenvalue weighted by Crippen LogP contribution is -2.12. The third-order valence-electron chi connectivity index (χ3n) is 2.52. The molecular weight excluding hydrogens is 276 g/mol. The number of hydrogen-bond donors (Lipinski definition) is 1. The molecule has 0 aromatic carbocycles. The van der Waals surface area contributed by atoms with Crippen molar-refractivity contribution < 1.29 is 9.53 Å². The summed E-state index contributed by atoms with van der Waals surface area (Å²) in [7, 11) is 0. The van der Waals surface area contributed by atoms with Crippen LogP contribution < -0.4 is 10.1 Å². The van der Waals surface area contributed by atoms with Gasteiger partial charge >= 0.3 is 0 Å². The van der Waals surface area contributed by atoms with Crippen LogP contribution in [0.4, 0.5) is 5.13 Å². The molecule has 2 aromatic heterocycles. The SMILES string of the molecule is CCCOc1nn(CCC)cc1C(=O)Nc1nccs1. The molecule has 0 saturated carbocycles. The number of rotatable bonds is 7. The average Bonchev–Trinajstić information content (AvgIpc) is 3.06. The van der Waals surface area contributed by atoms with Crippen LogP contribution in [0.3, 0.4) is 0 Å². The highest BCUT2D eigenvalue weighted by atomic mass is 32.1. The van der Waals surface area contributed by atoms with Crippen LogP contribution in [0.5, 0.6) is 5.88 Å². The van der Waals surface area contributed by atoms with Crippen molar-refractivity contribution in [1.82, 2.24) is 14.8 Å². The minimum absolute atomic E-state index is 0.242. The maximum atomic E-state index is 12.2. The Morgan fingerprint density at radius 3 is 2.95 bits per heavy atom. The van der Waals surface area contributed by atoms with Crippen LogP contribution in [0.15, 0.2) is 17.8 Å². The molecule has 0 aliphatic heterocycles. The molecule has 2 heterocycles. The Kier molecular flexibility index (Phi) is 5.11. The monoisotopic (exact) mass is 294 g/mol. The Morgan fingerprint density at radius 2 is 2.30 bits per heavy atom. The lowest BCUT2D eigenvalue weighted by molar-refractivity contribution is 0.102. The van der Waals surface area contributed by atoms with Gasteiger partial charge in [0.15, 0.2) is 5.13 Å². The van der Waals surface area contributed by atoms with Crippen molar-refractivity contribution in [2.45, 2.75) is 33.2 Å². The summed E-state index contributed by atoms with van der Waals surface area (Å²) in [4.78, 5) is 16.3. The first-order valence-corrected chi connectivity index (χ1v) is 7.53. The number of aromatic nitrogens is 3. The zero-order valence-electron chi connectivity index (χ0n) is 11.6. The van der Waals surface area contributed by atoms with Gasteiger partial charge < -0.3 is 4.74 Å². The van der Waals surface area contributed by atoms with E-state index in [-0.39, 0.29) is 5.91 Å². The van der Waals surface area contributed by atoms with Crippen molar-refractivity contribution in [2.75, 3.05) is 11.9 Å². The predicted octanol–water partition coefficient (Wildman–Crippen LogP) is 2.79. The summed E-state index contributed by atoms with van der Waals surface area (Å²) in [6.45, 7) is 5.37. The number of ether oxygens (including phenoxy) is 1. The number of carbonyl (C=O) groups is 1. The van der Waals surface area contributed by atoms with E-state index in [1.54, 1.807) is 17.1 Å². The molecule has 1 amide bonds. The smallest absolute Gasteiger partial charge is 0.264 e. The van der Waals surface area contributed by atoms with Crippen LogP contribution in [0.2, 0.25) is 0 Å². The third kappa shape index (κ3) is 3.57. The maximum absolute atomic E-state index is 12.2. The molecule has 0 bridgehead atoms. The van der Waals surface area contributed by atoms with Crippen LogP contribution in [-0.4, -0.2) is 27.3 Å². The second-order valence-electron chi connectivity index (χ2n) is 4.25. The standard InChI is InChI=1S/C13H18N4O2S/c1-3-6-17-9-10(12(16-17)19-7-4-2)11(18)15-13-14-5-8-20-13/h5,8-9H,3-4,6-7H2,1-2H3,(H,14,15,18). The van der Waals surface area contributed by atoms with E-state index < -0.39 is 0 Å². The molecular formula is C13H18N4O2S. The lowest BCUT2D eigenvalue weighted by atomic mass is 10.3. The van der Waals surface area contributed by atoms with Crippen molar-refractivity contribution >= 4 is 22.4 Å². The van der Waals surface area contributed by atoms with Gasteiger partial charge in [0.25, 0.3) is 5.91 Å². The van der Waals surface area contributed by atoms with Gasteiger partial charge in [-0.05, 0) is 12.8 Å². The molecule has 0 radical (unpaired) electrons. The highest BCUT2D eigenvalue weighted by molar-refractivity contribution is 7.13. The Bertz CT molecular complexity index is 551. The van der Waals surface area contributed by atoms with Crippen LogP contribution in [0.25, 0.3) is 0 Å². The lowest BCUT2D eigenvalue weighted by Gasteiger charge is -2.03. The summed E-state index contributed by atoms with van der Waals surface area (Å²) in [5, 5.41) is 9.43. The highest BCUT2D eigenvalue weighted by Gasteiger charge is 2.18. The van der Waals surface area contributed by atoms with Crippen molar-refractivity contribution in [3.8, 4) is 5.88 Å². The van der Waals surface area contributed by atoms with Gasteiger partial charge in [-0.1, -0.05) is 13.8 Å². The van der Waals surface area contributed by atoms with Crippen LogP contribution in [0.1, 0.15) is 37.0 Å². The first-order chi connectivity index (χ1) is 9.74. The third-order valence-corrected chi connectivity index (χ3v) is 3.21. The molecule has 2 aromatic rings. The first kappa shape index (κ1) is 14.5. The van der Waals surface area contributed by atoms with Crippen molar-refractivity contribution in [3.63, 3.8) is 0 Å². The summed E-state index contributed by atoms with van der Waals surface area (Å²) in [6.07, 6.45) is 5.18. The van der Waals surface area contributed by atoms with Gasteiger partial charge in [0.2, 0.25) is 5.88 Å².